The number of fused-ring (bicyclic) bond motifs is 1. The van der Waals surface area contributed by atoms with E-state index >= 15 is 0 Å². The molecule has 0 saturated carbocycles. The standard InChI is InChI=1S/C13H10N4S/c1-8-3-9(2)13-11(4-8)18-12(17-13)7-16-10(5-14)6-15/h3-4H,7H2,1-2H3. The molecule has 18 heavy (non-hydrogen) atoms. The zero-order valence-electron chi connectivity index (χ0n) is 10.1. The first-order chi connectivity index (χ1) is 8.63. The highest BCUT2D eigenvalue weighted by molar-refractivity contribution is 7.18. The summed E-state index contributed by atoms with van der Waals surface area (Å²) < 4.78 is 1.12. The summed E-state index contributed by atoms with van der Waals surface area (Å²) in [5, 5.41) is 18.0. The lowest BCUT2D eigenvalue weighted by Gasteiger charge is -1.95. The number of benzene rings is 1. The van der Waals surface area contributed by atoms with Gasteiger partial charge in [-0.15, -0.1) is 11.3 Å². The van der Waals surface area contributed by atoms with Crippen LogP contribution in [0.25, 0.3) is 10.2 Å². The van der Waals surface area contributed by atoms with Crippen LogP contribution in [-0.4, -0.2) is 10.7 Å². The average molecular weight is 254 g/mol. The van der Waals surface area contributed by atoms with Crippen molar-refractivity contribution in [3.8, 4) is 12.1 Å². The Morgan fingerprint density at radius 3 is 2.72 bits per heavy atom. The first-order valence-electron chi connectivity index (χ1n) is 5.35. The van der Waals surface area contributed by atoms with Crippen molar-refractivity contribution >= 4 is 27.3 Å². The van der Waals surface area contributed by atoms with Gasteiger partial charge in [-0.1, -0.05) is 6.07 Å². The van der Waals surface area contributed by atoms with E-state index in [-0.39, 0.29) is 12.3 Å². The van der Waals surface area contributed by atoms with E-state index in [4.69, 9.17) is 10.5 Å². The van der Waals surface area contributed by atoms with Crippen LogP contribution in [0.2, 0.25) is 0 Å². The molecular weight excluding hydrogens is 244 g/mol. The monoisotopic (exact) mass is 254 g/mol. The Labute approximate surface area is 109 Å². The molecule has 4 nitrogen and oxygen atoms in total. The second-order valence-corrected chi connectivity index (χ2v) is 5.04. The molecule has 0 fully saturated rings. The van der Waals surface area contributed by atoms with Gasteiger partial charge in [0.15, 0.2) is 0 Å². The summed E-state index contributed by atoms with van der Waals surface area (Å²) in [7, 11) is 0. The molecule has 1 heterocycles. The number of thiazole rings is 1. The number of nitriles is 2. The van der Waals surface area contributed by atoms with Crippen LogP contribution in [0.5, 0.6) is 0 Å². The molecule has 0 amide bonds. The van der Waals surface area contributed by atoms with Crippen molar-refractivity contribution in [2.24, 2.45) is 4.99 Å². The van der Waals surface area contributed by atoms with Crippen LogP contribution in [0, 0.1) is 36.5 Å². The van der Waals surface area contributed by atoms with Crippen molar-refractivity contribution < 1.29 is 0 Å². The summed E-state index contributed by atoms with van der Waals surface area (Å²) in [4.78, 5) is 8.41. The molecule has 0 N–H and O–H groups in total. The van der Waals surface area contributed by atoms with Crippen LogP contribution in [0.4, 0.5) is 0 Å². The van der Waals surface area contributed by atoms with Crippen molar-refractivity contribution in [3.05, 3.63) is 28.3 Å². The highest BCUT2D eigenvalue weighted by Crippen LogP contribution is 2.26. The second kappa shape index (κ2) is 4.95. The molecule has 0 aliphatic heterocycles. The van der Waals surface area contributed by atoms with Gasteiger partial charge in [0.05, 0.1) is 16.8 Å². The molecule has 5 heteroatoms. The molecule has 1 aromatic carbocycles. The van der Waals surface area contributed by atoms with E-state index in [2.05, 4.69) is 22.1 Å². The van der Waals surface area contributed by atoms with Crippen LogP contribution in [0.3, 0.4) is 0 Å². The molecule has 0 atom stereocenters. The molecule has 0 unspecified atom stereocenters. The third kappa shape index (κ3) is 2.37. The van der Waals surface area contributed by atoms with E-state index in [1.54, 1.807) is 23.5 Å². The van der Waals surface area contributed by atoms with Crippen molar-refractivity contribution in [2.45, 2.75) is 20.4 Å². The Morgan fingerprint density at radius 1 is 1.33 bits per heavy atom. The Morgan fingerprint density at radius 2 is 2.06 bits per heavy atom. The van der Waals surface area contributed by atoms with E-state index in [1.807, 2.05) is 13.8 Å². The van der Waals surface area contributed by atoms with Crippen LogP contribution < -0.4 is 0 Å². The quantitative estimate of drug-likeness (QED) is 0.773. The molecule has 0 radical (unpaired) electrons. The Bertz CT molecular complexity index is 697. The van der Waals surface area contributed by atoms with E-state index in [1.165, 1.54) is 5.56 Å². The van der Waals surface area contributed by atoms with E-state index in [0.717, 1.165) is 20.8 Å². The maximum atomic E-state index is 8.60. The first kappa shape index (κ1) is 12.2. The highest BCUT2D eigenvalue weighted by atomic mass is 32.1. The lowest BCUT2D eigenvalue weighted by molar-refractivity contribution is 1.05. The number of hydrogen-bond donors (Lipinski definition) is 0. The third-order valence-corrected chi connectivity index (χ3v) is 3.45. The van der Waals surface area contributed by atoms with E-state index in [0.29, 0.717) is 0 Å². The average Bonchev–Trinajstić information content (AvgIpc) is 2.73. The van der Waals surface area contributed by atoms with Crippen molar-refractivity contribution in [3.63, 3.8) is 0 Å². The van der Waals surface area contributed by atoms with Gasteiger partial charge in [0, 0.05) is 0 Å². The number of aromatic nitrogens is 1. The summed E-state index contributed by atoms with van der Waals surface area (Å²) in [5.74, 6) is 0. The largest absolute Gasteiger partial charge is 0.257 e. The Balaban J connectivity index is 2.38. The fourth-order valence-corrected chi connectivity index (χ4v) is 2.79. The predicted molar refractivity (Wildman–Crippen MR) is 71.5 cm³/mol. The maximum absolute atomic E-state index is 8.60. The normalized spacial score (nSPS) is 9.78. The molecule has 88 valence electrons. The number of hydrogen-bond acceptors (Lipinski definition) is 5. The van der Waals surface area contributed by atoms with Gasteiger partial charge in [-0.05, 0) is 31.0 Å². The maximum Gasteiger partial charge on any atom is 0.213 e. The Kier molecular flexibility index (Phi) is 3.36. The SMILES string of the molecule is Cc1cc(C)c2nc(CN=C(C#N)C#N)sc2c1. The van der Waals surface area contributed by atoms with Gasteiger partial charge in [0.1, 0.15) is 17.1 Å². The lowest BCUT2D eigenvalue weighted by Crippen LogP contribution is -1.90. The summed E-state index contributed by atoms with van der Waals surface area (Å²) in [5.41, 5.74) is 3.21. The molecule has 1 aromatic heterocycles. The van der Waals surface area contributed by atoms with Gasteiger partial charge in [0.25, 0.3) is 0 Å². The predicted octanol–water partition coefficient (Wildman–Crippen LogP) is 2.90. The van der Waals surface area contributed by atoms with Crippen LogP contribution in [-0.2, 0) is 6.54 Å². The molecule has 2 rings (SSSR count). The third-order valence-electron chi connectivity index (χ3n) is 2.46. The smallest absolute Gasteiger partial charge is 0.213 e. The highest BCUT2D eigenvalue weighted by Gasteiger charge is 2.06. The van der Waals surface area contributed by atoms with Gasteiger partial charge in [-0.25, -0.2) is 4.98 Å². The summed E-state index contributed by atoms with van der Waals surface area (Å²) in [6.45, 7) is 4.36. The summed E-state index contributed by atoms with van der Waals surface area (Å²) in [6.07, 6.45) is 0. The van der Waals surface area contributed by atoms with Gasteiger partial charge in [-0.2, -0.15) is 10.5 Å². The van der Waals surface area contributed by atoms with Crippen molar-refractivity contribution in [2.75, 3.05) is 0 Å². The molecule has 0 aliphatic rings. The van der Waals surface area contributed by atoms with Gasteiger partial charge in [0.2, 0.25) is 5.71 Å². The van der Waals surface area contributed by atoms with Crippen molar-refractivity contribution in [1.29, 1.82) is 10.5 Å². The number of aliphatic imine (C=N–C) groups is 1. The molecule has 0 bridgehead atoms. The molecule has 2 aromatic rings. The first-order valence-corrected chi connectivity index (χ1v) is 6.17. The molecule has 0 saturated heterocycles. The zero-order chi connectivity index (χ0) is 13.1. The fraction of sp³-hybridized carbons (Fsp3) is 0.231. The van der Waals surface area contributed by atoms with Gasteiger partial charge < -0.3 is 0 Å². The minimum absolute atomic E-state index is 0.109. The Hall–Kier alpha value is -2.24. The minimum Gasteiger partial charge on any atom is -0.257 e. The van der Waals surface area contributed by atoms with Gasteiger partial charge in [-0.3, -0.25) is 4.99 Å². The van der Waals surface area contributed by atoms with Crippen LogP contribution >= 0.6 is 11.3 Å². The van der Waals surface area contributed by atoms with E-state index in [9.17, 15) is 0 Å². The van der Waals surface area contributed by atoms with Crippen LogP contribution in [0.1, 0.15) is 16.1 Å². The minimum atomic E-state index is -0.109. The molecule has 0 aliphatic carbocycles. The lowest BCUT2D eigenvalue weighted by atomic mass is 10.1. The van der Waals surface area contributed by atoms with Crippen LogP contribution in [0.15, 0.2) is 17.1 Å². The topological polar surface area (TPSA) is 72.8 Å². The van der Waals surface area contributed by atoms with Gasteiger partial charge >= 0.3 is 0 Å². The molecular formula is C13H10N4S. The van der Waals surface area contributed by atoms with E-state index < -0.39 is 0 Å². The number of nitrogens with zero attached hydrogens (tertiary/aromatic N) is 4. The second-order valence-electron chi connectivity index (χ2n) is 3.92. The fourth-order valence-electron chi connectivity index (χ4n) is 1.73. The van der Waals surface area contributed by atoms with Crippen molar-refractivity contribution in [1.82, 2.24) is 4.98 Å². The summed E-state index contributed by atoms with van der Waals surface area (Å²) in [6, 6.07) is 7.66. The zero-order valence-corrected chi connectivity index (χ0v) is 10.9. The number of aryl methyl sites for hydroxylation is 2. The number of rotatable bonds is 2. The summed E-state index contributed by atoms with van der Waals surface area (Å²) >= 11 is 1.55. The molecule has 0 spiro atoms.